The molecule has 37 heavy (non-hydrogen) atoms. The summed E-state index contributed by atoms with van der Waals surface area (Å²) >= 11 is 0. The standard InChI is InChI=1S/C29H38O8/c1-14-12-28-15(2)10-18-19(25(18,3)4)17(20(28)30)11-16-13-35-26(5,6)37-22(16)29(28,33)21(14)36-24(32)27(8-9-27)23(31)34-7/h11-12,15,17-19,21-22,33H,8-10,13H2,1-7H3/t15-,17+,18-,19+,21+,22-,28+,29-/m1/s1. The lowest BCUT2D eigenvalue weighted by Gasteiger charge is -2.52. The summed E-state index contributed by atoms with van der Waals surface area (Å²) in [6, 6.07) is 0. The summed E-state index contributed by atoms with van der Waals surface area (Å²) in [5.41, 5.74) is -3.24. The van der Waals surface area contributed by atoms with Gasteiger partial charge in [-0.05, 0) is 74.3 Å². The van der Waals surface area contributed by atoms with Gasteiger partial charge in [0.2, 0.25) is 0 Å². The molecule has 1 aliphatic heterocycles. The summed E-state index contributed by atoms with van der Waals surface area (Å²) in [5, 5.41) is 13.0. The van der Waals surface area contributed by atoms with Crippen LogP contribution >= 0.6 is 0 Å². The summed E-state index contributed by atoms with van der Waals surface area (Å²) in [7, 11) is 1.25. The molecule has 0 unspecified atom stereocenters. The highest BCUT2D eigenvalue weighted by molar-refractivity contribution is 6.03. The Bertz CT molecular complexity index is 1160. The highest BCUT2D eigenvalue weighted by Gasteiger charge is 2.77. The highest BCUT2D eigenvalue weighted by atomic mass is 16.7. The number of hydrogen-bond acceptors (Lipinski definition) is 8. The van der Waals surface area contributed by atoms with Crippen LogP contribution in [0.3, 0.4) is 0 Å². The number of aliphatic hydroxyl groups is 1. The number of Topliss-reactive ketones (excluding diaryl/α,β-unsaturated/α-hetero) is 1. The molecule has 0 aromatic heterocycles. The normalized spacial score (nSPS) is 45.6. The van der Waals surface area contributed by atoms with Crippen LogP contribution in [0.2, 0.25) is 0 Å². The van der Waals surface area contributed by atoms with E-state index in [1.807, 2.05) is 19.1 Å². The maximum Gasteiger partial charge on any atom is 0.324 e. The molecule has 0 radical (unpaired) electrons. The zero-order valence-electron chi connectivity index (χ0n) is 22.8. The molecule has 4 fully saturated rings. The topological polar surface area (TPSA) is 108 Å². The molecule has 2 bridgehead atoms. The number of rotatable bonds is 3. The fourth-order valence-electron chi connectivity index (χ4n) is 8.33. The second-order valence-corrected chi connectivity index (χ2v) is 13.4. The SMILES string of the molecule is COC(=O)C1(C(=O)O[C@H]2C(C)=C[C@]34C(=O)[C@@H](C=C5COC(C)(C)O[C@H]5[C@]23O)[C@H]2[C@@H](C[C@H]4C)C2(C)C)CC1. The molecule has 8 heteroatoms. The van der Waals surface area contributed by atoms with E-state index in [1.165, 1.54) is 7.11 Å². The van der Waals surface area contributed by atoms with E-state index in [9.17, 15) is 19.5 Å². The Morgan fingerprint density at radius 3 is 2.43 bits per heavy atom. The number of ketones is 1. The van der Waals surface area contributed by atoms with Crippen molar-refractivity contribution in [1.29, 1.82) is 0 Å². The smallest absolute Gasteiger partial charge is 0.324 e. The minimum atomic E-state index is -1.89. The number of carbonyl (C=O) groups excluding carboxylic acids is 3. The van der Waals surface area contributed by atoms with Gasteiger partial charge in [-0.1, -0.05) is 32.9 Å². The van der Waals surface area contributed by atoms with Crippen LogP contribution in [0.5, 0.6) is 0 Å². The average Bonchev–Trinajstić information content (AvgIpc) is 3.72. The maximum absolute atomic E-state index is 14.7. The van der Waals surface area contributed by atoms with Gasteiger partial charge < -0.3 is 24.1 Å². The number of allylic oxidation sites excluding steroid dienone is 1. The molecule has 0 aromatic rings. The summed E-state index contributed by atoms with van der Waals surface area (Å²) in [6.45, 7) is 12.0. The van der Waals surface area contributed by atoms with Crippen LogP contribution in [-0.2, 0) is 33.3 Å². The quantitative estimate of drug-likeness (QED) is 0.348. The Hall–Kier alpha value is -2.03. The lowest BCUT2D eigenvalue weighted by atomic mass is 9.59. The first-order valence-corrected chi connectivity index (χ1v) is 13.5. The zero-order valence-corrected chi connectivity index (χ0v) is 22.8. The van der Waals surface area contributed by atoms with E-state index in [-0.39, 0.29) is 29.6 Å². The van der Waals surface area contributed by atoms with Crippen molar-refractivity contribution in [2.45, 2.75) is 84.4 Å². The molecule has 6 rings (SSSR count). The minimum absolute atomic E-state index is 0.0168. The van der Waals surface area contributed by atoms with Crippen LogP contribution in [0, 0.1) is 39.9 Å². The van der Waals surface area contributed by atoms with Crippen molar-refractivity contribution < 1.29 is 38.4 Å². The number of hydrogen-bond donors (Lipinski definition) is 1. The van der Waals surface area contributed by atoms with Gasteiger partial charge in [-0.25, -0.2) is 0 Å². The van der Waals surface area contributed by atoms with E-state index >= 15 is 0 Å². The maximum atomic E-state index is 14.7. The second-order valence-electron chi connectivity index (χ2n) is 13.4. The van der Waals surface area contributed by atoms with Gasteiger partial charge in [0.25, 0.3) is 0 Å². The van der Waals surface area contributed by atoms with Crippen molar-refractivity contribution in [3.63, 3.8) is 0 Å². The van der Waals surface area contributed by atoms with Crippen molar-refractivity contribution in [2.75, 3.05) is 13.7 Å². The molecule has 0 amide bonds. The van der Waals surface area contributed by atoms with Crippen molar-refractivity contribution in [3.05, 3.63) is 23.3 Å². The van der Waals surface area contributed by atoms with Gasteiger partial charge in [0.05, 0.1) is 19.1 Å². The Kier molecular flexibility index (Phi) is 5.00. The summed E-state index contributed by atoms with van der Waals surface area (Å²) in [4.78, 5) is 40.6. The first-order valence-electron chi connectivity index (χ1n) is 13.5. The van der Waals surface area contributed by atoms with Crippen molar-refractivity contribution >= 4 is 17.7 Å². The van der Waals surface area contributed by atoms with Crippen LogP contribution in [-0.4, -0.2) is 60.1 Å². The van der Waals surface area contributed by atoms with Crippen LogP contribution in [0.4, 0.5) is 0 Å². The van der Waals surface area contributed by atoms with Gasteiger partial charge in [-0.15, -0.1) is 0 Å². The molecule has 202 valence electrons. The summed E-state index contributed by atoms with van der Waals surface area (Å²) in [5.74, 6) is -2.53. The van der Waals surface area contributed by atoms with Gasteiger partial charge in [-0.3, -0.25) is 14.4 Å². The van der Waals surface area contributed by atoms with Crippen LogP contribution in [0.1, 0.15) is 60.8 Å². The summed E-state index contributed by atoms with van der Waals surface area (Å²) in [6.07, 6.45) is 3.18. The second kappa shape index (κ2) is 7.33. The lowest BCUT2D eigenvalue weighted by Crippen LogP contribution is -2.68. The first-order chi connectivity index (χ1) is 17.2. The molecular formula is C29H38O8. The van der Waals surface area contributed by atoms with Gasteiger partial charge in [-0.2, -0.15) is 0 Å². The summed E-state index contributed by atoms with van der Waals surface area (Å²) < 4.78 is 23.4. The number of fused-ring (bicyclic) bond motifs is 5. The molecule has 1 heterocycles. The highest BCUT2D eigenvalue weighted by Crippen LogP contribution is 2.72. The molecule has 1 saturated heterocycles. The van der Waals surface area contributed by atoms with Gasteiger partial charge in [0, 0.05) is 5.92 Å². The predicted molar refractivity (Wildman–Crippen MR) is 131 cm³/mol. The number of ether oxygens (including phenoxy) is 4. The Balaban J connectivity index is 1.51. The molecular weight excluding hydrogens is 476 g/mol. The molecule has 1 N–H and O–H groups in total. The monoisotopic (exact) mass is 514 g/mol. The fraction of sp³-hybridized carbons (Fsp3) is 0.759. The van der Waals surface area contributed by atoms with Crippen molar-refractivity contribution in [1.82, 2.24) is 0 Å². The van der Waals surface area contributed by atoms with Crippen molar-refractivity contribution in [2.24, 2.45) is 39.9 Å². The third kappa shape index (κ3) is 2.98. The van der Waals surface area contributed by atoms with Crippen LogP contribution in [0.15, 0.2) is 23.3 Å². The van der Waals surface area contributed by atoms with Crippen LogP contribution < -0.4 is 0 Å². The van der Waals surface area contributed by atoms with Crippen molar-refractivity contribution in [3.8, 4) is 0 Å². The van der Waals surface area contributed by atoms with E-state index in [4.69, 9.17) is 18.9 Å². The van der Waals surface area contributed by atoms with E-state index in [0.717, 1.165) is 6.42 Å². The fourth-order valence-corrected chi connectivity index (χ4v) is 8.33. The average molecular weight is 515 g/mol. The molecule has 6 aliphatic rings. The molecule has 1 spiro atoms. The molecule has 5 aliphatic carbocycles. The molecule has 8 atom stereocenters. The number of carbonyl (C=O) groups is 3. The van der Waals surface area contributed by atoms with Gasteiger partial charge >= 0.3 is 11.9 Å². The Morgan fingerprint density at radius 2 is 1.81 bits per heavy atom. The molecule has 0 aromatic carbocycles. The molecule has 3 saturated carbocycles. The lowest BCUT2D eigenvalue weighted by molar-refractivity contribution is -0.304. The third-order valence-electron chi connectivity index (χ3n) is 10.6. The number of methoxy groups -OCH3 is 1. The van der Waals surface area contributed by atoms with E-state index in [0.29, 0.717) is 29.9 Å². The molecule has 8 nitrogen and oxygen atoms in total. The third-order valence-corrected chi connectivity index (χ3v) is 10.6. The largest absolute Gasteiger partial charge is 0.468 e. The van der Waals surface area contributed by atoms with E-state index in [2.05, 4.69) is 13.8 Å². The minimum Gasteiger partial charge on any atom is -0.468 e. The van der Waals surface area contributed by atoms with Gasteiger partial charge in [0.15, 0.2) is 28.7 Å². The zero-order chi connectivity index (χ0) is 26.9. The van der Waals surface area contributed by atoms with Gasteiger partial charge in [0.1, 0.15) is 6.10 Å². The van der Waals surface area contributed by atoms with E-state index in [1.54, 1.807) is 20.8 Å². The number of esters is 2. The predicted octanol–water partition coefficient (Wildman–Crippen LogP) is 3.12. The first kappa shape index (κ1) is 25.3. The van der Waals surface area contributed by atoms with Crippen LogP contribution in [0.25, 0.3) is 0 Å². The van der Waals surface area contributed by atoms with E-state index < -0.39 is 52.3 Å². The Morgan fingerprint density at radius 1 is 1.14 bits per heavy atom. The Labute approximate surface area is 217 Å².